The summed E-state index contributed by atoms with van der Waals surface area (Å²) in [6, 6.07) is 7.47. The molecule has 0 spiro atoms. The Kier molecular flexibility index (Phi) is 3.43. The van der Waals surface area contributed by atoms with Crippen LogP contribution < -0.4 is 0 Å². The molecule has 3 fully saturated rings. The predicted molar refractivity (Wildman–Crippen MR) is 81.0 cm³/mol. The topological polar surface area (TPSA) is 58.3 Å². The van der Waals surface area contributed by atoms with Gasteiger partial charge in [0, 0.05) is 37.4 Å². The lowest BCUT2D eigenvalue weighted by Crippen LogP contribution is -2.67. The molecule has 0 aliphatic carbocycles. The van der Waals surface area contributed by atoms with Crippen LogP contribution in [0.15, 0.2) is 22.7 Å². The van der Waals surface area contributed by atoms with E-state index in [0.29, 0.717) is 17.9 Å². The van der Waals surface area contributed by atoms with Crippen LogP contribution in [-0.2, 0) is 13.1 Å². The van der Waals surface area contributed by atoms with E-state index in [9.17, 15) is 0 Å². The molecule has 3 saturated heterocycles. The monoisotopic (exact) mass is 299 g/mol. The Labute approximate surface area is 130 Å². The minimum absolute atomic E-state index is 0.607. The van der Waals surface area contributed by atoms with Crippen molar-refractivity contribution in [3.05, 3.63) is 41.3 Å². The van der Waals surface area contributed by atoms with Gasteiger partial charge >= 0.3 is 0 Å². The lowest BCUT2D eigenvalue weighted by Gasteiger charge is -2.56. The minimum atomic E-state index is 0.607. The van der Waals surface area contributed by atoms with Gasteiger partial charge in [0.2, 0.25) is 5.89 Å². The molecular formula is C16H21N5O. The number of pyridine rings is 1. The van der Waals surface area contributed by atoms with E-state index < -0.39 is 0 Å². The third-order valence-electron chi connectivity index (χ3n) is 4.64. The van der Waals surface area contributed by atoms with Crippen LogP contribution in [0.25, 0.3) is 0 Å². The van der Waals surface area contributed by atoms with Gasteiger partial charge in [-0.1, -0.05) is 11.2 Å². The van der Waals surface area contributed by atoms with Crippen LogP contribution in [0.2, 0.25) is 0 Å². The molecule has 5 heterocycles. The van der Waals surface area contributed by atoms with Gasteiger partial charge < -0.3 is 4.52 Å². The normalized spacial score (nSPS) is 25.2. The first-order valence-corrected chi connectivity index (χ1v) is 7.87. The molecule has 5 rings (SSSR count). The second-order valence-corrected chi connectivity index (χ2v) is 6.42. The minimum Gasteiger partial charge on any atom is -0.338 e. The fourth-order valence-corrected chi connectivity index (χ4v) is 3.64. The number of fused-ring (bicyclic) bond motifs is 2. The number of hydrogen-bond acceptors (Lipinski definition) is 6. The molecule has 0 radical (unpaired) electrons. The first kappa shape index (κ1) is 13.8. The van der Waals surface area contributed by atoms with Crippen molar-refractivity contribution in [2.75, 3.05) is 13.1 Å². The molecule has 116 valence electrons. The van der Waals surface area contributed by atoms with Crippen molar-refractivity contribution in [2.45, 2.75) is 45.4 Å². The molecule has 22 heavy (non-hydrogen) atoms. The van der Waals surface area contributed by atoms with E-state index in [2.05, 4.69) is 37.1 Å². The maximum Gasteiger partial charge on any atom is 0.240 e. The Balaban J connectivity index is 1.36. The van der Waals surface area contributed by atoms with E-state index in [1.165, 1.54) is 12.1 Å². The van der Waals surface area contributed by atoms with Gasteiger partial charge in [-0.05, 0) is 32.4 Å². The quantitative estimate of drug-likeness (QED) is 0.853. The molecule has 0 amide bonds. The molecule has 2 bridgehead atoms. The van der Waals surface area contributed by atoms with E-state index in [1.54, 1.807) is 0 Å². The molecule has 2 atom stereocenters. The van der Waals surface area contributed by atoms with E-state index in [-0.39, 0.29) is 0 Å². The van der Waals surface area contributed by atoms with Gasteiger partial charge in [-0.2, -0.15) is 4.98 Å². The maximum absolute atomic E-state index is 5.25. The zero-order chi connectivity index (χ0) is 15.1. The third-order valence-corrected chi connectivity index (χ3v) is 4.64. The Hall–Kier alpha value is -1.79. The molecule has 2 aromatic rings. The van der Waals surface area contributed by atoms with Crippen molar-refractivity contribution >= 4 is 0 Å². The molecule has 6 heteroatoms. The Bertz CT molecular complexity index is 658. The van der Waals surface area contributed by atoms with Crippen molar-refractivity contribution in [1.82, 2.24) is 24.9 Å². The summed E-state index contributed by atoms with van der Waals surface area (Å²) in [7, 11) is 0. The summed E-state index contributed by atoms with van der Waals surface area (Å²) in [5.41, 5.74) is 2.26. The highest BCUT2D eigenvalue weighted by molar-refractivity contribution is 5.11. The summed E-state index contributed by atoms with van der Waals surface area (Å²) in [4.78, 5) is 13.9. The zero-order valence-electron chi connectivity index (χ0n) is 13.1. The molecule has 0 aromatic carbocycles. The third kappa shape index (κ3) is 2.64. The standard InChI is InChI=1S/C16H21N5O/c1-11-4-3-5-13(17-11)7-20-8-14-6-15(9-20)21(14)10-16-18-12(2)19-22-16/h3-5,14-15H,6-10H2,1-2H3. The molecular weight excluding hydrogens is 278 g/mol. The van der Waals surface area contributed by atoms with Gasteiger partial charge in [0.05, 0.1) is 12.2 Å². The summed E-state index contributed by atoms with van der Waals surface area (Å²) >= 11 is 0. The number of aryl methyl sites for hydroxylation is 2. The van der Waals surface area contributed by atoms with Crippen molar-refractivity contribution in [3.63, 3.8) is 0 Å². The summed E-state index contributed by atoms with van der Waals surface area (Å²) in [5.74, 6) is 1.45. The van der Waals surface area contributed by atoms with Crippen LogP contribution in [0.5, 0.6) is 0 Å². The van der Waals surface area contributed by atoms with E-state index in [1.807, 2.05) is 19.9 Å². The molecule has 3 aliphatic rings. The van der Waals surface area contributed by atoms with Crippen molar-refractivity contribution in [3.8, 4) is 0 Å². The first-order chi connectivity index (χ1) is 10.7. The fraction of sp³-hybridized carbons (Fsp3) is 0.562. The van der Waals surface area contributed by atoms with Gasteiger partial charge in [0.25, 0.3) is 0 Å². The van der Waals surface area contributed by atoms with E-state index in [0.717, 1.165) is 37.8 Å². The Morgan fingerprint density at radius 1 is 1.14 bits per heavy atom. The Morgan fingerprint density at radius 2 is 1.95 bits per heavy atom. The second-order valence-electron chi connectivity index (χ2n) is 6.42. The number of rotatable bonds is 4. The highest BCUT2D eigenvalue weighted by atomic mass is 16.5. The molecule has 3 aliphatic heterocycles. The molecule has 0 N–H and O–H groups in total. The van der Waals surface area contributed by atoms with Crippen LogP contribution in [-0.4, -0.2) is 50.1 Å². The largest absolute Gasteiger partial charge is 0.338 e. The predicted octanol–water partition coefficient (Wildman–Crippen LogP) is 1.54. The smallest absolute Gasteiger partial charge is 0.240 e. The highest BCUT2D eigenvalue weighted by Gasteiger charge is 2.44. The fourth-order valence-electron chi connectivity index (χ4n) is 3.64. The molecule has 2 aromatic heterocycles. The van der Waals surface area contributed by atoms with Crippen LogP contribution in [0.3, 0.4) is 0 Å². The SMILES string of the molecule is Cc1cccc(CN2CC3CC(C2)N3Cc2nc(C)no2)n1. The van der Waals surface area contributed by atoms with Gasteiger partial charge in [-0.25, -0.2) is 0 Å². The van der Waals surface area contributed by atoms with E-state index >= 15 is 0 Å². The van der Waals surface area contributed by atoms with Crippen molar-refractivity contribution in [1.29, 1.82) is 0 Å². The first-order valence-electron chi connectivity index (χ1n) is 7.87. The van der Waals surface area contributed by atoms with Gasteiger partial charge in [-0.15, -0.1) is 0 Å². The maximum atomic E-state index is 5.25. The Morgan fingerprint density at radius 3 is 2.64 bits per heavy atom. The number of aromatic nitrogens is 3. The van der Waals surface area contributed by atoms with Crippen LogP contribution in [0.1, 0.15) is 29.5 Å². The van der Waals surface area contributed by atoms with Gasteiger partial charge in [0.1, 0.15) is 0 Å². The molecule has 2 unspecified atom stereocenters. The van der Waals surface area contributed by atoms with Crippen LogP contribution in [0.4, 0.5) is 0 Å². The van der Waals surface area contributed by atoms with Gasteiger partial charge in [0.15, 0.2) is 5.82 Å². The lowest BCUT2D eigenvalue weighted by atomic mass is 9.87. The lowest BCUT2D eigenvalue weighted by molar-refractivity contribution is -0.0821. The van der Waals surface area contributed by atoms with Gasteiger partial charge in [-0.3, -0.25) is 14.8 Å². The van der Waals surface area contributed by atoms with Crippen molar-refractivity contribution < 1.29 is 4.52 Å². The summed E-state index contributed by atoms with van der Waals surface area (Å²) in [6.07, 6.45) is 1.28. The summed E-state index contributed by atoms with van der Waals surface area (Å²) < 4.78 is 5.25. The zero-order valence-corrected chi connectivity index (χ0v) is 13.1. The summed E-state index contributed by atoms with van der Waals surface area (Å²) in [6.45, 7) is 7.83. The number of hydrogen-bond donors (Lipinski definition) is 0. The van der Waals surface area contributed by atoms with Crippen LogP contribution >= 0.6 is 0 Å². The van der Waals surface area contributed by atoms with Crippen LogP contribution in [0, 0.1) is 13.8 Å². The number of nitrogens with zero attached hydrogens (tertiary/aromatic N) is 5. The number of piperidine rings is 1. The van der Waals surface area contributed by atoms with Crippen molar-refractivity contribution in [2.24, 2.45) is 0 Å². The van der Waals surface area contributed by atoms with E-state index in [4.69, 9.17) is 4.52 Å². The average molecular weight is 299 g/mol. The highest BCUT2D eigenvalue weighted by Crippen LogP contribution is 2.33. The second kappa shape index (κ2) is 5.44. The summed E-state index contributed by atoms with van der Waals surface area (Å²) in [5, 5.41) is 3.87. The average Bonchev–Trinajstić information content (AvgIpc) is 2.90. The number of piperazine rings is 1. The molecule has 6 nitrogen and oxygen atoms in total. The molecule has 0 saturated carbocycles.